The molecule has 4 nitrogen and oxygen atoms in total. The zero-order valence-electron chi connectivity index (χ0n) is 11.4. The van der Waals surface area contributed by atoms with Gasteiger partial charge in [0.2, 0.25) is 5.91 Å². The molecule has 0 fully saturated rings. The molecule has 2 aromatic rings. The van der Waals surface area contributed by atoms with Gasteiger partial charge in [0.25, 0.3) is 0 Å². The molecule has 104 valence electrons. The van der Waals surface area contributed by atoms with Crippen molar-refractivity contribution >= 4 is 11.6 Å². The predicted molar refractivity (Wildman–Crippen MR) is 79.5 cm³/mol. The average Bonchev–Trinajstić information content (AvgIpc) is 2.48. The minimum atomic E-state index is -0.0305. The highest BCUT2D eigenvalue weighted by Gasteiger charge is 2.10. The van der Waals surface area contributed by atoms with Crippen molar-refractivity contribution in [3.63, 3.8) is 0 Å². The lowest BCUT2D eigenvalue weighted by molar-refractivity contribution is -0.128. The number of phenolic OH excluding ortho intramolecular Hbond substituents is 1. The Morgan fingerprint density at radius 2 is 1.75 bits per heavy atom. The zero-order valence-corrected chi connectivity index (χ0v) is 11.4. The number of aromatic hydroxyl groups is 1. The minimum Gasteiger partial charge on any atom is -0.508 e. The first-order valence-electron chi connectivity index (χ1n) is 6.46. The van der Waals surface area contributed by atoms with Gasteiger partial charge in [-0.1, -0.05) is 36.4 Å². The van der Waals surface area contributed by atoms with Gasteiger partial charge in [-0.3, -0.25) is 4.79 Å². The summed E-state index contributed by atoms with van der Waals surface area (Å²) in [6, 6.07) is 16.6. The van der Waals surface area contributed by atoms with Gasteiger partial charge in [-0.2, -0.15) is 0 Å². The Morgan fingerprint density at radius 1 is 1.10 bits per heavy atom. The summed E-state index contributed by atoms with van der Waals surface area (Å²) in [5.74, 6) is 0.181. The van der Waals surface area contributed by atoms with E-state index in [2.05, 4.69) is 5.32 Å². The molecule has 1 amide bonds. The highest BCUT2D eigenvalue weighted by Crippen LogP contribution is 2.17. The van der Waals surface area contributed by atoms with Crippen LogP contribution in [0.25, 0.3) is 0 Å². The summed E-state index contributed by atoms with van der Waals surface area (Å²) >= 11 is 0. The Kier molecular flexibility index (Phi) is 4.60. The van der Waals surface area contributed by atoms with Gasteiger partial charge < -0.3 is 15.3 Å². The Bertz CT molecular complexity index is 570. The van der Waals surface area contributed by atoms with Crippen LogP contribution in [0.2, 0.25) is 0 Å². The number of para-hydroxylation sites is 2. The van der Waals surface area contributed by atoms with Crippen LogP contribution in [0.3, 0.4) is 0 Å². The van der Waals surface area contributed by atoms with E-state index in [0.29, 0.717) is 6.54 Å². The number of amides is 1. The molecule has 0 aliphatic rings. The molecule has 0 saturated carbocycles. The Hall–Kier alpha value is -2.49. The Morgan fingerprint density at radius 3 is 2.45 bits per heavy atom. The molecule has 0 aromatic heterocycles. The molecule has 0 atom stereocenters. The summed E-state index contributed by atoms with van der Waals surface area (Å²) in [4.78, 5) is 13.6. The molecule has 4 heteroatoms. The molecule has 0 radical (unpaired) electrons. The Labute approximate surface area is 118 Å². The number of nitrogens with one attached hydrogen (secondary N) is 1. The van der Waals surface area contributed by atoms with Crippen LogP contribution in [0, 0.1) is 0 Å². The molecule has 0 spiro atoms. The van der Waals surface area contributed by atoms with Gasteiger partial charge in [-0.05, 0) is 18.2 Å². The van der Waals surface area contributed by atoms with E-state index in [-0.39, 0.29) is 18.2 Å². The Balaban J connectivity index is 1.88. The molecule has 0 aliphatic carbocycles. The summed E-state index contributed by atoms with van der Waals surface area (Å²) in [6.45, 7) is 0.621. The summed E-state index contributed by atoms with van der Waals surface area (Å²) in [5.41, 5.74) is 1.65. The number of phenols is 1. The summed E-state index contributed by atoms with van der Waals surface area (Å²) in [6.07, 6.45) is 0. The van der Waals surface area contributed by atoms with Gasteiger partial charge in [0.05, 0.1) is 6.54 Å². The monoisotopic (exact) mass is 270 g/mol. The van der Waals surface area contributed by atoms with E-state index in [1.54, 1.807) is 24.1 Å². The summed E-state index contributed by atoms with van der Waals surface area (Å²) in [5, 5.41) is 12.8. The van der Waals surface area contributed by atoms with Crippen molar-refractivity contribution < 1.29 is 9.90 Å². The van der Waals surface area contributed by atoms with Crippen LogP contribution < -0.4 is 5.32 Å². The third kappa shape index (κ3) is 3.75. The lowest BCUT2D eigenvalue weighted by Crippen LogP contribution is -2.31. The van der Waals surface area contributed by atoms with Crippen molar-refractivity contribution in [2.24, 2.45) is 0 Å². The fourth-order valence-corrected chi connectivity index (χ4v) is 1.86. The normalized spacial score (nSPS) is 10.1. The van der Waals surface area contributed by atoms with Crippen LogP contribution >= 0.6 is 0 Å². The van der Waals surface area contributed by atoms with Crippen molar-refractivity contribution in [1.82, 2.24) is 4.90 Å². The molecular formula is C16H18N2O2. The highest BCUT2D eigenvalue weighted by molar-refractivity contribution is 5.80. The van der Waals surface area contributed by atoms with Gasteiger partial charge in [-0.25, -0.2) is 0 Å². The maximum atomic E-state index is 12.0. The summed E-state index contributed by atoms with van der Waals surface area (Å²) in [7, 11) is 1.72. The quantitative estimate of drug-likeness (QED) is 0.877. The second-order valence-electron chi connectivity index (χ2n) is 4.60. The van der Waals surface area contributed by atoms with Gasteiger partial charge in [0.1, 0.15) is 5.75 Å². The van der Waals surface area contributed by atoms with Crippen LogP contribution in [0.5, 0.6) is 5.75 Å². The van der Waals surface area contributed by atoms with E-state index >= 15 is 0 Å². The molecule has 0 unspecified atom stereocenters. The van der Waals surface area contributed by atoms with Gasteiger partial charge >= 0.3 is 0 Å². The number of likely N-dealkylation sites (N-methyl/N-ethyl adjacent to an activating group) is 1. The lowest BCUT2D eigenvalue weighted by Gasteiger charge is -2.18. The van der Waals surface area contributed by atoms with E-state index in [9.17, 15) is 9.90 Å². The standard InChI is InChI=1S/C16H18N2O2/c1-18(12-13-7-5-6-10-15(13)19)16(20)11-17-14-8-3-2-4-9-14/h2-10,17,19H,11-12H2,1H3. The number of anilines is 1. The number of carbonyl (C=O) groups is 1. The second kappa shape index (κ2) is 6.61. The number of nitrogens with zero attached hydrogens (tertiary/aromatic N) is 1. The van der Waals surface area contributed by atoms with Crippen LogP contribution in [0.4, 0.5) is 5.69 Å². The van der Waals surface area contributed by atoms with Gasteiger partial charge in [0, 0.05) is 24.8 Å². The topological polar surface area (TPSA) is 52.6 Å². The molecule has 20 heavy (non-hydrogen) atoms. The van der Waals surface area contributed by atoms with Crippen LogP contribution in [-0.2, 0) is 11.3 Å². The van der Waals surface area contributed by atoms with E-state index < -0.39 is 0 Å². The maximum Gasteiger partial charge on any atom is 0.241 e. The number of benzene rings is 2. The van der Waals surface area contributed by atoms with Gasteiger partial charge in [0.15, 0.2) is 0 Å². The van der Waals surface area contributed by atoms with Crippen molar-refractivity contribution in [3.05, 3.63) is 60.2 Å². The van der Waals surface area contributed by atoms with Crippen LogP contribution in [0.1, 0.15) is 5.56 Å². The van der Waals surface area contributed by atoms with Gasteiger partial charge in [-0.15, -0.1) is 0 Å². The number of hydrogen-bond donors (Lipinski definition) is 2. The van der Waals surface area contributed by atoms with Crippen molar-refractivity contribution in [3.8, 4) is 5.75 Å². The molecule has 2 aromatic carbocycles. The molecule has 0 aliphatic heterocycles. The van der Waals surface area contributed by atoms with E-state index in [0.717, 1.165) is 11.3 Å². The van der Waals surface area contributed by atoms with Crippen molar-refractivity contribution in [2.45, 2.75) is 6.54 Å². The largest absolute Gasteiger partial charge is 0.508 e. The molecule has 2 rings (SSSR count). The molecule has 0 heterocycles. The second-order valence-corrected chi connectivity index (χ2v) is 4.60. The van der Waals surface area contributed by atoms with Crippen molar-refractivity contribution in [1.29, 1.82) is 0 Å². The first-order chi connectivity index (χ1) is 9.66. The minimum absolute atomic E-state index is 0.0305. The fraction of sp³-hybridized carbons (Fsp3) is 0.188. The fourth-order valence-electron chi connectivity index (χ4n) is 1.86. The van der Waals surface area contributed by atoms with Crippen LogP contribution in [0.15, 0.2) is 54.6 Å². The first kappa shape index (κ1) is 13.9. The SMILES string of the molecule is CN(Cc1ccccc1O)C(=O)CNc1ccccc1. The molecular weight excluding hydrogens is 252 g/mol. The predicted octanol–water partition coefficient (Wildman–Crippen LogP) is 2.46. The maximum absolute atomic E-state index is 12.0. The lowest BCUT2D eigenvalue weighted by atomic mass is 10.2. The third-order valence-corrected chi connectivity index (χ3v) is 3.04. The number of carbonyl (C=O) groups excluding carboxylic acids is 1. The first-order valence-corrected chi connectivity index (χ1v) is 6.46. The van der Waals surface area contributed by atoms with Crippen molar-refractivity contribution in [2.75, 3.05) is 18.9 Å². The van der Waals surface area contributed by atoms with E-state index in [4.69, 9.17) is 0 Å². The molecule has 0 saturated heterocycles. The smallest absolute Gasteiger partial charge is 0.241 e. The van der Waals surface area contributed by atoms with E-state index in [1.165, 1.54) is 0 Å². The molecule has 0 bridgehead atoms. The highest BCUT2D eigenvalue weighted by atomic mass is 16.3. The third-order valence-electron chi connectivity index (χ3n) is 3.04. The number of rotatable bonds is 5. The zero-order chi connectivity index (χ0) is 14.4. The van der Waals surface area contributed by atoms with Crippen LogP contribution in [-0.4, -0.2) is 29.5 Å². The number of hydrogen-bond acceptors (Lipinski definition) is 3. The average molecular weight is 270 g/mol. The molecule has 2 N–H and O–H groups in total. The summed E-state index contributed by atoms with van der Waals surface area (Å²) < 4.78 is 0. The van der Waals surface area contributed by atoms with E-state index in [1.807, 2.05) is 42.5 Å².